The number of pyridine rings is 1. The van der Waals surface area contributed by atoms with E-state index in [4.69, 9.17) is 9.47 Å². The fraction of sp³-hybridized carbons (Fsp3) is 0.118. The van der Waals surface area contributed by atoms with Crippen molar-refractivity contribution in [2.24, 2.45) is 0 Å². The van der Waals surface area contributed by atoms with Gasteiger partial charge in [0.25, 0.3) is 5.69 Å². The molecule has 134 valence electrons. The predicted octanol–water partition coefficient (Wildman–Crippen LogP) is 4.88. The maximum absolute atomic E-state index is 12.4. The minimum Gasteiger partial charge on any atom is -0.480 e. The average molecular weight is 364 g/mol. The first kappa shape index (κ1) is 17.5. The first-order chi connectivity index (χ1) is 12.3. The molecule has 0 atom stereocenters. The van der Waals surface area contributed by atoms with E-state index in [1.54, 1.807) is 6.07 Å². The lowest BCUT2D eigenvalue weighted by Gasteiger charge is -2.14. The second-order valence-electron chi connectivity index (χ2n) is 5.21. The minimum absolute atomic E-state index is 0.0590. The van der Waals surface area contributed by atoms with Crippen LogP contribution >= 0.6 is 0 Å². The monoisotopic (exact) mass is 364 g/mol. The first-order valence-electron chi connectivity index (χ1n) is 7.33. The molecule has 0 aliphatic carbocycles. The average Bonchev–Trinajstić information content (AvgIpc) is 2.60. The summed E-state index contributed by atoms with van der Waals surface area (Å²) >= 11 is 0. The number of halogens is 3. The fourth-order valence-corrected chi connectivity index (χ4v) is 2.33. The summed E-state index contributed by atoms with van der Waals surface area (Å²) < 4.78 is 47.6. The topological polar surface area (TPSA) is 74.5 Å². The Kier molecular flexibility index (Phi) is 4.61. The molecule has 0 aliphatic rings. The molecular weight excluding hydrogens is 353 g/mol. The van der Waals surface area contributed by atoms with Gasteiger partial charge in [-0.3, -0.25) is 15.1 Å². The van der Waals surface area contributed by atoms with Gasteiger partial charge in [-0.25, -0.2) is 0 Å². The maximum Gasteiger partial charge on any atom is 0.422 e. The number of rotatable bonds is 5. The van der Waals surface area contributed by atoms with Gasteiger partial charge in [0, 0.05) is 23.8 Å². The number of nitro benzene ring substituents is 1. The number of nitro groups is 1. The van der Waals surface area contributed by atoms with Crippen LogP contribution in [-0.4, -0.2) is 22.7 Å². The van der Waals surface area contributed by atoms with E-state index in [0.29, 0.717) is 5.39 Å². The van der Waals surface area contributed by atoms with Gasteiger partial charge in [0.1, 0.15) is 5.75 Å². The summed E-state index contributed by atoms with van der Waals surface area (Å²) in [5, 5.41) is 11.8. The van der Waals surface area contributed by atoms with Crippen molar-refractivity contribution >= 4 is 16.5 Å². The lowest BCUT2D eigenvalue weighted by atomic mass is 10.1. The van der Waals surface area contributed by atoms with Crippen LogP contribution in [0.15, 0.2) is 54.9 Å². The first-order valence-corrected chi connectivity index (χ1v) is 7.33. The van der Waals surface area contributed by atoms with Crippen molar-refractivity contribution in [3.05, 3.63) is 65.0 Å². The van der Waals surface area contributed by atoms with Gasteiger partial charge in [0.2, 0.25) is 0 Å². The molecule has 0 radical (unpaired) electrons. The highest BCUT2D eigenvalue weighted by Gasteiger charge is 2.29. The number of ether oxygens (including phenoxy) is 2. The zero-order valence-electron chi connectivity index (χ0n) is 13.1. The quantitative estimate of drug-likeness (QED) is 0.477. The van der Waals surface area contributed by atoms with Crippen molar-refractivity contribution in [2.45, 2.75) is 6.18 Å². The number of hydrogen-bond acceptors (Lipinski definition) is 5. The Morgan fingerprint density at radius 2 is 1.73 bits per heavy atom. The van der Waals surface area contributed by atoms with Gasteiger partial charge in [-0.05, 0) is 24.3 Å². The molecule has 0 fully saturated rings. The number of alkyl halides is 3. The Morgan fingerprint density at radius 1 is 1.00 bits per heavy atom. The van der Waals surface area contributed by atoms with Crippen LogP contribution in [0.4, 0.5) is 18.9 Å². The molecule has 1 aromatic heterocycles. The number of fused-ring (bicyclic) bond motifs is 1. The summed E-state index contributed by atoms with van der Waals surface area (Å²) in [6, 6.07) is 10.0. The number of para-hydroxylation sites is 2. The van der Waals surface area contributed by atoms with Gasteiger partial charge in [-0.2, -0.15) is 13.2 Å². The molecule has 0 N–H and O–H groups in total. The van der Waals surface area contributed by atoms with Crippen LogP contribution in [0, 0.1) is 10.1 Å². The third kappa shape index (κ3) is 3.82. The number of nitrogens with zero attached hydrogens (tertiary/aromatic N) is 2. The van der Waals surface area contributed by atoms with E-state index < -0.39 is 17.7 Å². The smallest absolute Gasteiger partial charge is 0.422 e. The maximum atomic E-state index is 12.4. The lowest BCUT2D eigenvalue weighted by molar-refractivity contribution is -0.383. The highest BCUT2D eigenvalue weighted by Crippen LogP contribution is 2.38. The zero-order valence-corrected chi connectivity index (χ0v) is 13.1. The zero-order chi connectivity index (χ0) is 18.7. The Labute approximate surface area is 144 Å². The van der Waals surface area contributed by atoms with Crippen molar-refractivity contribution in [3.63, 3.8) is 0 Å². The summed E-state index contributed by atoms with van der Waals surface area (Å²) in [5.74, 6) is 0.199. The van der Waals surface area contributed by atoms with Gasteiger partial charge in [-0.15, -0.1) is 0 Å². The molecule has 3 aromatic rings. The van der Waals surface area contributed by atoms with Crippen molar-refractivity contribution < 1.29 is 27.6 Å². The molecule has 0 saturated heterocycles. The van der Waals surface area contributed by atoms with E-state index in [-0.39, 0.29) is 28.3 Å². The molecule has 26 heavy (non-hydrogen) atoms. The van der Waals surface area contributed by atoms with Gasteiger partial charge >= 0.3 is 6.18 Å². The number of non-ortho nitro benzene ring substituents is 1. The second-order valence-corrected chi connectivity index (χ2v) is 5.21. The van der Waals surface area contributed by atoms with Crippen LogP contribution in [-0.2, 0) is 0 Å². The predicted molar refractivity (Wildman–Crippen MR) is 86.5 cm³/mol. The molecule has 0 saturated carbocycles. The van der Waals surface area contributed by atoms with Gasteiger partial charge in [-0.1, -0.05) is 12.1 Å². The molecule has 0 aliphatic heterocycles. The minimum atomic E-state index is -4.49. The van der Waals surface area contributed by atoms with Crippen LogP contribution < -0.4 is 9.47 Å². The van der Waals surface area contributed by atoms with Crippen LogP contribution in [0.25, 0.3) is 10.8 Å². The van der Waals surface area contributed by atoms with E-state index >= 15 is 0 Å². The fourth-order valence-electron chi connectivity index (χ4n) is 2.33. The van der Waals surface area contributed by atoms with E-state index in [1.165, 1.54) is 48.8 Å². The molecular formula is C17H11F3N2O4. The molecule has 2 aromatic carbocycles. The third-order valence-electron chi connectivity index (χ3n) is 3.41. The number of hydrogen-bond donors (Lipinski definition) is 0. The third-order valence-corrected chi connectivity index (χ3v) is 3.41. The van der Waals surface area contributed by atoms with Crippen LogP contribution in [0.2, 0.25) is 0 Å². The lowest BCUT2D eigenvalue weighted by Crippen LogP contribution is -2.19. The van der Waals surface area contributed by atoms with Crippen LogP contribution in [0.5, 0.6) is 17.2 Å². The van der Waals surface area contributed by atoms with Crippen molar-refractivity contribution in [1.82, 2.24) is 4.98 Å². The van der Waals surface area contributed by atoms with Crippen molar-refractivity contribution in [3.8, 4) is 17.2 Å². The molecule has 0 bridgehead atoms. The number of benzene rings is 2. The molecule has 6 nitrogen and oxygen atoms in total. The molecule has 3 rings (SSSR count). The Hall–Kier alpha value is -3.36. The molecule has 9 heteroatoms. The van der Waals surface area contributed by atoms with Crippen LogP contribution in [0.1, 0.15) is 0 Å². The van der Waals surface area contributed by atoms with Gasteiger partial charge in [0.15, 0.2) is 18.1 Å². The molecule has 1 heterocycles. The molecule has 0 unspecified atom stereocenters. The van der Waals surface area contributed by atoms with E-state index in [0.717, 1.165) is 0 Å². The van der Waals surface area contributed by atoms with E-state index in [2.05, 4.69) is 4.98 Å². The summed E-state index contributed by atoms with van der Waals surface area (Å²) in [6.45, 7) is -1.46. The van der Waals surface area contributed by atoms with Crippen molar-refractivity contribution in [1.29, 1.82) is 0 Å². The SMILES string of the molecule is O=[N+]([O-])c1ccc(Oc2ccccc2OCC(F)(F)F)c2ccncc12. The highest BCUT2D eigenvalue weighted by atomic mass is 19.4. The standard InChI is InChI=1S/C17H11F3N2O4/c18-17(19,20)10-25-15-3-1-2-4-16(15)26-14-6-5-13(22(23)24)12-9-21-8-7-11(12)14/h1-9H,10H2. The summed E-state index contributed by atoms with van der Waals surface area (Å²) in [5.41, 5.74) is -0.151. The Bertz CT molecular complexity index is 960. The Morgan fingerprint density at radius 3 is 2.42 bits per heavy atom. The second kappa shape index (κ2) is 6.87. The van der Waals surface area contributed by atoms with Crippen LogP contribution in [0.3, 0.4) is 0 Å². The largest absolute Gasteiger partial charge is 0.480 e. The number of aromatic nitrogens is 1. The van der Waals surface area contributed by atoms with Gasteiger partial charge in [0.05, 0.1) is 10.3 Å². The van der Waals surface area contributed by atoms with E-state index in [1.807, 2.05) is 0 Å². The summed E-state index contributed by atoms with van der Waals surface area (Å²) in [6.07, 6.45) is -1.73. The molecule has 0 amide bonds. The van der Waals surface area contributed by atoms with E-state index in [9.17, 15) is 23.3 Å². The molecule has 0 spiro atoms. The summed E-state index contributed by atoms with van der Waals surface area (Å²) in [4.78, 5) is 14.4. The Balaban J connectivity index is 1.98. The summed E-state index contributed by atoms with van der Waals surface area (Å²) in [7, 11) is 0. The highest BCUT2D eigenvalue weighted by molar-refractivity contribution is 5.94. The van der Waals surface area contributed by atoms with Gasteiger partial charge < -0.3 is 9.47 Å². The van der Waals surface area contributed by atoms with Crippen molar-refractivity contribution in [2.75, 3.05) is 6.61 Å². The normalized spacial score (nSPS) is 11.3.